The summed E-state index contributed by atoms with van der Waals surface area (Å²) in [6, 6.07) is 15.0. The molecule has 0 spiro atoms. The highest BCUT2D eigenvalue weighted by Gasteiger charge is 2.33. The molecule has 1 amide bonds. The minimum Gasteiger partial charge on any atom is -0.493 e. The Morgan fingerprint density at radius 3 is 2.74 bits per heavy atom. The van der Waals surface area contributed by atoms with Gasteiger partial charge in [0, 0.05) is 22.9 Å². The van der Waals surface area contributed by atoms with Gasteiger partial charge in [-0.1, -0.05) is 23.7 Å². The lowest BCUT2D eigenvalue weighted by Gasteiger charge is -2.28. The van der Waals surface area contributed by atoms with Crippen LogP contribution in [0, 0.1) is 5.92 Å². The van der Waals surface area contributed by atoms with Crippen LogP contribution in [-0.4, -0.2) is 18.2 Å². The molecule has 0 saturated heterocycles. The molecule has 2 aromatic carbocycles. The lowest BCUT2D eigenvalue weighted by molar-refractivity contribution is -0.119. The third kappa shape index (κ3) is 2.59. The van der Waals surface area contributed by atoms with Crippen molar-refractivity contribution in [2.24, 2.45) is 11.0 Å². The molecule has 2 heterocycles. The average molecular weight is 327 g/mol. The first-order chi connectivity index (χ1) is 11.2. The van der Waals surface area contributed by atoms with E-state index in [9.17, 15) is 4.79 Å². The minimum absolute atomic E-state index is 0.000420. The monoisotopic (exact) mass is 326 g/mol. The molecule has 2 aliphatic heterocycles. The van der Waals surface area contributed by atoms with Crippen LogP contribution in [0.15, 0.2) is 53.6 Å². The van der Waals surface area contributed by atoms with E-state index in [1.807, 2.05) is 36.4 Å². The van der Waals surface area contributed by atoms with Crippen LogP contribution in [0.2, 0.25) is 5.02 Å². The van der Waals surface area contributed by atoms with Crippen molar-refractivity contribution in [3.05, 3.63) is 59.1 Å². The minimum atomic E-state index is 0.000420. The summed E-state index contributed by atoms with van der Waals surface area (Å²) < 4.78 is 5.80. The summed E-state index contributed by atoms with van der Waals surface area (Å²) in [6.07, 6.45) is 1.24. The highest BCUT2D eigenvalue weighted by atomic mass is 35.5. The number of para-hydroxylation sites is 1. The average Bonchev–Trinajstić information content (AvgIpc) is 2.74. The number of benzene rings is 2. The van der Waals surface area contributed by atoms with Crippen LogP contribution in [0.25, 0.3) is 0 Å². The lowest BCUT2D eigenvalue weighted by Crippen LogP contribution is -2.37. The summed E-state index contributed by atoms with van der Waals surface area (Å²) in [5.41, 5.74) is 2.63. The van der Waals surface area contributed by atoms with Crippen molar-refractivity contribution in [3.63, 3.8) is 0 Å². The van der Waals surface area contributed by atoms with Crippen LogP contribution in [0.4, 0.5) is 5.69 Å². The Bertz CT molecular complexity index is 786. The fourth-order valence-corrected chi connectivity index (χ4v) is 3.18. The van der Waals surface area contributed by atoms with Crippen LogP contribution < -0.4 is 9.75 Å². The highest BCUT2D eigenvalue weighted by Crippen LogP contribution is 2.33. The van der Waals surface area contributed by atoms with Crippen molar-refractivity contribution in [3.8, 4) is 5.75 Å². The summed E-state index contributed by atoms with van der Waals surface area (Å²) in [5.74, 6) is 0.939. The Morgan fingerprint density at radius 2 is 1.91 bits per heavy atom. The molecule has 5 heteroatoms. The van der Waals surface area contributed by atoms with Crippen LogP contribution in [0.3, 0.4) is 0 Å². The predicted octanol–water partition coefficient (Wildman–Crippen LogP) is 3.88. The second kappa shape index (κ2) is 5.70. The Labute approximate surface area is 139 Å². The summed E-state index contributed by atoms with van der Waals surface area (Å²) in [5, 5.41) is 6.78. The van der Waals surface area contributed by atoms with E-state index in [4.69, 9.17) is 16.3 Å². The summed E-state index contributed by atoms with van der Waals surface area (Å²) in [7, 11) is 0. The number of rotatable bonds is 1. The predicted molar refractivity (Wildman–Crippen MR) is 90.1 cm³/mol. The first-order valence-corrected chi connectivity index (χ1v) is 7.99. The van der Waals surface area contributed by atoms with Gasteiger partial charge in [-0.25, -0.2) is 5.01 Å². The molecule has 2 aromatic rings. The third-order valence-electron chi connectivity index (χ3n) is 4.21. The van der Waals surface area contributed by atoms with Gasteiger partial charge in [-0.2, -0.15) is 5.10 Å². The van der Waals surface area contributed by atoms with Crippen LogP contribution >= 0.6 is 11.6 Å². The molecule has 4 rings (SSSR count). The van der Waals surface area contributed by atoms with Gasteiger partial charge in [-0.15, -0.1) is 0 Å². The molecule has 0 saturated carbocycles. The van der Waals surface area contributed by atoms with Crippen LogP contribution in [0.5, 0.6) is 5.75 Å². The van der Waals surface area contributed by atoms with E-state index in [-0.39, 0.29) is 11.8 Å². The maximum Gasteiger partial charge on any atom is 0.248 e. The molecule has 2 aliphatic rings. The van der Waals surface area contributed by atoms with Gasteiger partial charge in [-0.3, -0.25) is 4.79 Å². The molecule has 0 aliphatic carbocycles. The number of amides is 1. The number of nitrogens with zero attached hydrogens (tertiary/aromatic N) is 2. The molecular formula is C18H15ClN2O2. The van der Waals surface area contributed by atoms with E-state index in [1.165, 1.54) is 5.01 Å². The Balaban J connectivity index is 1.81. The molecule has 0 radical (unpaired) electrons. The van der Waals surface area contributed by atoms with Gasteiger partial charge in [0.05, 0.1) is 18.0 Å². The quantitative estimate of drug-likeness (QED) is 0.798. The molecule has 0 N–H and O–H groups in total. The molecule has 1 atom stereocenters. The Kier molecular flexibility index (Phi) is 3.54. The summed E-state index contributed by atoms with van der Waals surface area (Å²) in [4.78, 5) is 12.5. The van der Waals surface area contributed by atoms with Crippen molar-refractivity contribution in [1.29, 1.82) is 0 Å². The first kappa shape index (κ1) is 14.3. The fraction of sp³-hybridized carbons (Fsp3) is 0.222. The van der Waals surface area contributed by atoms with E-state index in [0.717, 1.165) is 29.1 Å². The number of hydrogen-bond acceptors (Lipinski definition) is 3. The second-order valence-electron chi connectivity index (χ2n) is 5.70. The van der Waals surface area contributed by atoms with Gasteiger partial charge in [0.15, 0.2) is 0 Å². The van der Waals surface area contributed by atoms with E-state index < -0.39 is 0 Å². The third-order valence-corrected chi connectivity index (χ3v) is 4.46. The molecule has 0 bridgehead atoms. The number of ether oxygens (including phenoxy) is 1. The van der Waals surface area contributed by atoms with Gasteiger partial charge in [0.1, 0.15) is 5.75 Å². The Morgan fingerprint density at radius 1 is 1.13 bits per heavy atom. The molecule has 116 valence electrons. The summed E-state index contributed by atoms with van der Waals surface area (Å²) >= 11 is 5.93. The van der Waals surface area contributed by atoms with Gasteiger partial charge in [0.2, 0.25) is 5.91 Å². The van der Waals surface area contributed by atoms with Gasteiger partial charge in [-0.05, 0) is 42.8 Å². The SMILES string of the molecule is O=C1CC2CCOc3ccccc3C2=NN1c1ccc(Cl)cc1. The topological polar surface area (TPSA) is 41.9 Å². The zero-order valence-electron chi connectivity index (χ0n) is 12.4. The maximum absolute atomic E-state index is 12.5. The Hall–Kier alpha value is -2.33. The van der Waals surface area contributed by atoms with Crippen LogP contribution in [0.1, 0.15) is 18.4 Å². The highest BCUT2D eigenvalue weighted by molar-refractivity contribution is 6.30. The zero-order valence-corrected chi connectivity index (χ0v) is 13.2. The molecular weight excluding hydrogens is 312 g/mol. The van der Waals surface area contributed by atoms with E-state index in [1.54, 1.807) is 12.1 Å². The van der Waals surface area contributed by atoms with Gasteiger partial charge in [0.25, 0.3) is 0 Å². The van der Waals surface area contributed by atoms with E-state index in [2.05, 4.69) is 5.10 Å². The molecule has 4 nitrogen and oxygen atoms in total. The number of halogens is 1. The van der Waals surface area contributed by atoms with Crippen molar-refractivity contribution >= 4 is 28.9 Å². The summed E-state index contributed by atoms with van der Waals surface area (Å²) in [6.45, 7) is 0.606. The van der Waals surface area contributed by atoms with E-state index >= 15 is 0 Å². The lowest BCUT2D eigenvalue weighted by atomic mass is 9.90. The number of carbonyl (C=O) groups excluding carboxylic acids is 1. The molecule has 0 fully saturated rings. The van der Waals surface area contributed by atoms with Crippen LogP contribution in [-0.2, 0) is 4.79 Å². The maximum atomic E-state index is 12.5. The van der Waals surface area contributed by atoms with Crippen molar-refractivity contribution < 1.29 is 9.53 Å². The molecule has 0 aromatic heterocycles. The zero-order chi connectivity index (χ0) is 15.8. The van der Waals surface area contributed by atoms with Gasteiger partial charge < -0.3 is 4.74 Å². The number of fused-ring (bicyclic) bond motifs is 3. The molecule has 1 unspecified atom stereocenters. The largest absolute Gasteiger partial charge is 0.493 e. The molecule has 23 heavy (non-hydrogen) atoms. The number of anilines is 1. The smallest absolute Gasteiger partial charge is 0.248 e. The second-order valence-corrected chi connectivity index (χ2v) is 6.14. The van der Waals surface area contributed by atoms with Gasteiger partial charge >= 0.3 is 0 Å². The fourth-order valence-electron chi connectivity index (χ4n) is 3.05. The van der Waals surface area contributed by atoms with Crippen molar-refractivity contribution in [1.82, 2.24) is 0 Å². The number of carbonyl (C=O) groups is 1. The van der Waals surface area contributed by atoms with Crippen molar-refractivity contribution in [2.45, 2.75) is 12.8 Å². The number of hydrogen-bond donors (Lipinski definition) is 0. The van der Waals surface area contributed by atoms with E-state index in [0.29, 0.717) is 18.1 Å². The van der Waals surface area contributed by atoms with Crippen molar-refractivity contribution in [2.75, 3.05) is 11.6 Å². The normalized spacial score (nSPS) is 20.0. The number of hydrazone groups is 1. The first-order valence-electron chi connectivity index (χ1n) is 7.61. The standard InChI is InChI=1S/C18H15ClN2O2/c19-13-5-7-14(8-6-13)21-17(22)11-12-9-10-23-16-4-2-1-3-15(16)18(12)20-21/h1-8,12H,9-11H2.